The third-order valence-electron chi connectivity index (χ3n) is 9.15. The van der Waals surface area contributed by atoms with E-state index < -0.39 is 0 Å². The van der Waals surface area contributed by atoms with Crippen LogP contribution in [0.1, 0.15) is 73.7 Å². The predicted octanol–water partition coefficient (Wildman–Crippen LogP) is 5.52. The van der Waals surface area contributed by atoms with E-state index in [1.54, 1.807) is 0 Å². The van der Waals surface area contributed by atoms with Crippen molar-refractivity contribution in [3.05, 3.63) is 34.3 Å². The quantitative estimate of drug-likeness (QED) is 0.672. The molecular weight excluding hydrogens is 392 g/mol. The summed E-state index contributed by atoms with van der Waals surface area (Å²) in [5, 5.41) is 3.90. The molecule has 6 bridgehead atoms. The minimum Gasteiger partial charge on any atom is -0.351 e. The van der Waals surface area contributed by atoms with Gasteiger partial charge in [-0.2, -0.15) is 0 Å². The van der Waals surface area contributed by atoms with Crippen LogP contribution in [0.25, 0.3) is 0 Å². The molecule has 1 aliphatic heterocycles. The first kappa shape index (κ1) is 19.6. The molecule has 1 unspecified atom stereocenters. The molecule has 30 heavy (non-hydrogen) atoms. The van der Waals surface area contributed by atoms with Crippen molar-refractivity contribution < 1.29 is 4.79 Å². The van der Waals surface area contributed by atoms with E-state index in [1.165, 1.54) is 76.4 Å². The van der Waals surface area contributed by atoms with Crippen molar-refractivity contribution in [1.82, 2.24) is 10.2 Å². The molecule has 4 heteroatoms. The van der Waals surface area contributed by atoms with Crippen molar-refractivity contribution in [2.75, 3.05) is 19.6 Å². The van der Waals surface area contributed by atoms with Crippen LogP contribution < -0.4 is 5.32 Å². The highest BCUT2D eigenvalue weighted by molar-refractivity contribution is 6.33. The van der Waals surface area contributed by atoms with Crippen LogP contribution in [0.5, 0.6) is 0 Å². The zero-order valence-corrected chi connectivity index (χ0v) is 18.8. The number of halogens is 1. The molecule has 0 aromatic heterocycles. The number of benzene rings is 1. The monoisotopic (exact) mass is 426 g/mol. The third-order valence-corrected chi connectivity index (χ3v) is 9.48. The van der Waals surface area contributed by atoms with Crippen molar-refractivity contribution in [2.24, 2.45) is 35.0 Å². The highest BCUT2D eigenvalue weighted by Crippen LogP contribution is 2.59. The second-order valence-corrected chi connectivity index (χ2v) is 12.1. The van der Waals surface area contributed by atoms with E-state index in [9.17, 15) is 4.79 Å². The van der Waals surface area contributed by atoms with Gasteiger partial charge in [0.25, 0.3) is 5.91 Å². The molecule has 5 saturated carbocycles. The van der Waals surface area contributed by atoms with Gasteiger partial charge >= 0.3 is 0 Å². The zero-order chi connectivity index (χ0) is 20.3. The number of carbonyl (C=O) groups is 1. The molecule has 1 amide bonds. The van der Waals surface area contributed by atoms with E-state index in [2.05, 4.69) is 16.3 Å². The van der Waals surface area contributed by atoms with Gasteiger partial charge in [-0.05, 0) is 110 Å². The Balaban J connectivity index is 1.12. The highest BCUT2D eigenvalue weighted by atomic mass is 35.5. The van der Waals surface area contributed by atoms with Crippen LogP contribution in [0.4, 0.5) is 0 Å². The lowest BCUT2D eigenvalue weighted by atomic mass is 9.49. The zero-order valence-electron chi connectivity index (χ0n) is 18.0. The Bertz CT molecular complexity index is 789. The average molecular weight is 427 g/mol. The Morgan fingerprint density at radius 3 is 2.20 bits per heavy atom. The SMILES string of the molecule is O=C(NCC12CC3CC(CC(C3)C1)C2)c1cc(CN2CC3CC[C@@H](C3)C2)ccc1Cl. The van der Waals surface area contributed by atoms with Crippen LogP contribution in [0.3, 0.4) is 0 Å². The molecule has 1 saturated heterocycles. The van der Waals surface area contributed by atoms with Crippen LogP contribution >= 0.6 is 11.6 Å². The lowest BCUT2D eigenvalue weighted by Gasteiger charge is -2.56. The normalized spacial score (nSPS) is 39.4. The maximum Gasteiger partial charge on any atom is 0.252 e. The minimum atomic E-state index is 0.0244. The first-order valence-corrected chi connectivity index (χ1v) is 12.7. The molecule has 6 fully saturated rings. The van der Waals surface area contributed by atoms with Gasteiger partial charge in [-0.15, -0.1) is 0 Å². The van der Waals surface area contributed by atoms with Gasteiger partial charge in [0.05, 0.1) is 10.6 Å². The fourth-order valence-corrected chi connectivity index (χ4v) is 8.62. The van der Waals surface area contributed by atoms with Gasteiger partial charge in [-0.25, -0.2) is 0 Å². The number of piperidine rings is 1. The van der Waals surface area contributed by atoms with E-state index in [0.29, 0.717) is 16.0 Å². The summed E-state index contributed by atoms with van der Waals surface area (Å²) in [5.74, 6) is 4.55. The molecule has 1 aromatic rings. The van der Waals surface area contributed by atoms with Gasteiger partial charge in [0.1, 0.15) is 0 Å². The summed E-state index contributed by atoms with van der Waals surface area (Å²) < 4.78 is 0. The number of fused-ring (bicyclic) bond motifs is 2. The number of amides is 1. The predicted molar refractivity (Wildman–Crippen MR) is 120 cm³/mol. The molecule has 1 aromatic carbocycles. The van der Waals surface area contributed by atoms with E-state index in [-0.39, 0.29) is 5.91 Å². The largest absolute Gasteiger partial charge is 0.351 e. The lowest BCUT2D eigenvalue weighted by Crippen LogP contribution is -2.51. The molecule has 2 atom stereocenters. The van der Waals surface area contributed by atoms with Crippen molar-refractivity contribution >= 4 is 17.5 Å². The summed E-state index contributed by atoms with van der Waals surface area (Å²) in [6.07, 6.45) is 12.5. The summed E-state index contributed by atoms with van der Waals surface area (Å²) in [7, 11) is 0. The van der Waals surface area contributed by atoms with Crippen LogP contribution in [0.2, 0.25) is 5.02 Å². The van der Waals surface area contributed by atoms with Gasteiger partial charge in [-0.1, -0.05) is 17.7 Å². The fourth-order valence-electron chi connectivity index (χ4n) is 8.42. The molecule has 0 spiro atoms. The summed E-state index contributed by atoms with van der Waals surface area (Å²) in [4.78, 5) is 15.7. The number of carbonyl (C=O) groups excluding carboxylic acids is 1. The van der Waals surface area contributed by atoms with Gasteiger partial charge in [0.15, 0.2) is 0 Å². The number of nitrogens with zero attached hydrogens (tertiary/aromatic N) is 1. The molecule has 3 nitrogen and oxygen atoms in total. The second-order valence-electron chi connectivity index (χ2n) is 11.7. The van der Waals surface area contributed by atoms with Crippen molar-refractivity contribution in [2.45, 2.75) is 64.3 Å². The number of rotatable bonds is 5. The molecular formula is C26H35ClN2O. The third kappa shape index (κ3) is 3.71. The van der Waals surface area contributed by atoms with Crippen molar-refractivity contribution in [3.63, 3.8) is 0 Å². The van der Waals surface area contributed by atoms with E-state index in [1.807, 2.05) is 12.1 Å². The summed E-state index contributed by atoms with van der Waals surface area (Å²) in [5.41, 5.74) is 2.25. The number of hydrogen-bond donors (Lipinski definition) is 1. The maximum atomic E-state index is 13.1. The van der Waals surface area contributed by atoms with Gasteiger partial charge in [-0.3, -0.25) is 9.69 Å². The van der Waals surface area contributed by atoms with E-state index >= 15 is 0 Å². The number of hydrogen-bond acceptors (Lipinski definition) is 2. The Kier molecular flexibility index (Phi) is 4.91. The highest BCUT2D eigenvalue weighted by Gasteiger charge is 2.50. The first-order chi connectivity index (χ1) is 14.5. The maximum absolute atomic E-state index is 13.1. The fraction of sp³-hybridized carbons (Fsp3) is 0.731. The molecule has 0 radical (unpaired) electrons. The Morgan fingerprint density at radius 2 is 1.57 bits per heavy atom. The van der Waals surface area contributed by atoms with Crippen LogP contribution in [-0.4, -0.2) is 30.4 Å². The van der Waals surface area contributed by atoms with Crippen LogP contribution in [0.15, 0.2) is 18.2 Å². The summed E-state index contributed by atoms with van der Waals surface area (Å²) >= 11 is 6.47. The Hall–Kier alpha value is -1.06. The second kappa shape index (κ2) is 7.52. The molecule has 5 aliphatic carbocycles. The molecule has 7 rings (SSSR count). The molecule has 1 heterocycles. The summed E-state index contributed by atoms with van der Waals surface area (Å²) in [6, 6.07) is 6.08. The summed E-state index contributed by atoms with van der Waals surface area (Å²) in [6.45, 7) is 4.21. The Morgan fingerprint density at radius 1 is 0.967 bits per heavy atom. The van der Waals surface area contributed by atoms with Crippen LogP contribution in [0, 0.1) is 35.0 Å². The number of likely N-dealkylation sites (tertiary alicyclic amines) is 1. The average Bonchev–Trinajstić information content (AvgIpc) is 3.05. The minimum absolute atomic E-state index is 0.0244. The van der Waals surface area contributed by atoms with Gasteiger partial charge in [0.2, 0.25) is 0 Å². The molecule has 162 valence electrons. The standard InChI is InChI=1S/C26H35ClN2O/c27-24-4-3-19(15-29-13-17-1-2-18(5-17)14-29)9-23(24)25(30)28-16-26-10-20-6-21(11-26)8-22(7-20)12-26/h3-4,9,17-18,20-22H,1-2,5-8,10-16H2,(H,28,30)/t17-,18?,20?,21?,22?,26?/m0/s1. The topological polar surface area (TPSA) is 32.3 Å². The van der Waals surface area contributed by atoms with Crippen molar-refractivity contribution in [1.29, 1.82) is 0 Å². The van der Waals surface area contributed by atoms with Gasteiger partial charge < -0.3 is 5.32 Å². The molecule has 1 N–H and O–H groups in total. The van der Waals surface area contributed by atoms with Crippen LogP contribution in [-0.2, 0) is 6.54 Å². The smallest absolute Gasteiger partial charge is 0.252 e. The van der Waals surface area contributed by atoms with Gasteiger partial charge in [0, 0.05) is 26.2 Å². The Labute approximate surface area is 185 Å². The lowest BCUT2D eigenvalue weighted by molar-refractivity contribution is -0.0503. The number of nitrogens with one attached hydrogen (secondary N) is 1. The van der Waals surface area contributed by atoms with E-state index in [0.717, 1.165) is 42.7 Å². The van der Waals surface area contributed by atoms with Crippen molar-refractivity contribution in [3.8, 4) is 0 Å². The first-order valence-electron chi connectivity index (χ1n) is 12.3. The molecule has 6 aliphatic rings. The van der Waals surface area contributed by atoms with E-state index in [4.69, 9.17) is 11.6 Å².